The van der Waals surface area contributed by atoms with Crippen molar-refractivity contribution in [1.82, 2.24) is 15.6 Å². The molecule has 3 rings (SSSR count). The Morgan fingerprint density at radius 2 is 1.93 bits per heavy atom. The summed E-state index contributed by atoms with van der Waals surface area (Å²) in [6.45, 7) is 1.37. The first kappa shape index (κ1) is 23.0. The van der Waals surface area contributed by atoms with Crippen molar-refractivity contribution in [2.75, 3.05) is 13.7 Å². The highest BCUT2D eigenvalue weighted by molar-refractivity contribution is 5.85. The Balaban J connectivity index is 0.00000182. The van der Waals surface area contributed by atoms with Gasteiger partial charge in [-0.3, -0.25) is 4.79 Å². The van der Waals surface area contributed by atoms with Crippen LogP contribution in [0.25, 0.3) is 0 Å². The largest absolute Gasteiger partial charge is 0.497 e. The van der Waals surface area contributed by atoms with Crippen LogP contribution in [0.5, 0.6) is 17.4 Å². The molecule has 1 saturated heterocycles. The maximum absolute atomic E-state index is 12.2. The number of nitrogens with one attached hydrogen (secondary N) is 2. The molecule has 8 heteroatoms. The van der Waals surface area contributed by atoms with E-state index in [1.165, 1.54) is 0 Å². The lowest BCUT2D eigenvalue weighted by atomic mass is 10.0. The number of nitrogens with zero attached hydrogens (tertiary/aromatic N) is 1. The Bertz CT molecular complexity index is 708. The fourth-order valence-corrected chi connectivity index (χ4v) is 2.77. The highest BCUT2D eigenvalue weighted by atomic mass is 35.5. The molecule has 1 atom stereocenters. The van der Waals surface area contributed by atoms with E-state index in [2.05, 4.69) is 15.6 Å². The predicted octanol–water partition coefficient (Wildman–Crippen LogP) is 3.48. The number of carbonyl (C=O) groups is 1. The first-order chi connectivity index (χ1) is 12.2. The van der Waals surface area contributed by atoms with Crippen molar-refractivity contribution < 1.29 is 14.3 Å². The number of rotatable bonds is 6. The monoisotopic (exact) mass is 413 g/mol. The van der Waals surface area contributed by atoms with E-state index in [0.29, 0.717) is 18.2 Å². The lowest BCUT2D eigenvalue weighted by molar-refractivity contribution is -0.123. The highest BCUT2D eigenvalue weighted by Crippen LogP contribution is 2.22. The molecule has 0 bridgehead atoms. The van der Waals surface area contributed by atoms with Gasteiger partial charge in [-0.15, -0.1) is 24.8 Å². The summed E-state index contributed by atoms with van der Waals surface area (Å²) in [5.74, 6) is 2.00. The Kier molecular flexibility index (Phi) is 9.93. The van der Waals surface area contributed by atoms with Gasteiger partial charge in [0.1, 0.15) is 11.5 Å². The molecule has 0 spiro atoms. The Morgan fingerprint density at radius 1 is 1.19 bits per heavy atom. The molecule has 0 radical (unpaired) electrons. The molecular formula is C19H25Cl2N3O3. The number of methoxy groups -OCH3 is 1. The molecule has 1 fully saturated rings. The molecule has 1 aromatic carbocycles. The molecule has 148 valence electrons. The zero-order chi connectivity index (χ0) is 17.5. The number of aromatic nitrogens is 1. The van der Waals surface area contributed by atoms with Crippen LogP contribution in [0.2, 0.25) is 0 Å². The number of hydrogen-bond acceptors (Lipinski definition) is 5. The van der Waals surface area contributed by atoms with E-state index in [0.717, 1.165) is 37.1 Å². The van der Waals surface area contributed by atoms with E-state index >= 15 is 0 Å². The topological polar surface area (TPSA) is 72.5 Å². The number of pyridine rings is 1. The molecule has 2 heterocycles. The minimum Gasteiger partial charge on any atom is -0.497 e. The van der Waals surface area contributed by atoms with E-state index in [1.807, 2.05) is 36.4 Å². The summed E-state index contributed by atoms with van der Waals surface area (Å²) in [7, 11) is 1.62. The second-order valence-corrected chi connectivity index (χ2v) is 6.00. The van der Waals surface area contributed by atoms with Gasteiger partial charge in [0.25, 0.3) is 0 Å². The molecule has 6 nitrogen and oxygen atoms in total. The van der Waals surface area contributed by atoms with E-state index in [1.54, 1.807) is 13.3 Å². The van der Waals surface area contributed by atoms with Crippen LogP contribution in [-0.4, -0.2) is 30.6 Å². The van der Waals surface area contributed by atoms with Gasteiger partial charge < -0.3 is 20.1 Å². The van der Waals surface area contributed by atoms with Gasteiger partial charge >= 0.3 is 0 Å². The molecular weight excluding hydrogens is 389 g/mol. The molecule has 1 amide bonds. The smallest absolute Gasteiger partial charge is 0.237 e. The van der Waals surface area contributed by atoms with Gasteiger partial charge in [-0.25, -0.2) is 4.98 Å². The number of carbonyl (C=O) groups excluding carboxylic acids is 1. The van der Waals surface area contributed by atoms with E-state index < -0.39 is 0 Å². The summed E-state index contributed by atoms with van der Waals surface area (Å²) in [5.41, 5.74) is 0.947. The summed E-state index contributed by atoms with van der Waals surface area (Å²) in [4.78, 5) is 16.4. The molecule has 0 saturated carbocycles. The van der Waals surface area contributed by atoms with Crippen LogP contribution in [0.1, 0.15) is 24.8 Å². The summed E-state index contributed by atoms with van der Waals surface area (Å²) >= 11 is 0. The van der Waals surface area contributed by atoms with Gasteiger partial charge in [0.2, 0.25) is 11.8 Å². The summed E-state index contributed by atoms with van der Waals surface area (Å²) in [6, 6.07) is 10.9. The molecule has 1 aliphatic heterocycles. The standard InChI is InChI=1S/C19H23N3O3.2ClH/c1-24-15-5-7-16(8-6-15)25-18-12-14(9-11-21-18)13-22-19(23)17-4-2-3-10-20-17;;/h5-9,11-12,17,20H,2-4,10,13H2,1H3,(H,22,23);2*1H. The van der Waals surface area contributed by atoms with Crippen LogP contribution in [-0.2, 0) is 11.3 Å². The Hall–Kier alpha value is -2.02. The van der Waals surface area contributed by atoms with Gasteiger partial charge in [0.05, 0.1) is 13.2 Å². The normalized spacial score (nSPS) is 15.7. The van der Waals surface area contributed by atoms with E-state index in [9.17, 15) is 4.79 Å². The average Bonchev–Trinajstić information content (AvgIpc) is 2.68. The molecule has 0 aliphatic carbocycles. The van der Waals surface area contributed by atoms with Crippen molar-refractivity contribution >= 4 is 30.7 Å². The van der Waals surface area contributed by atoms with Crippen LogP contribution in [0.4, 0.5) is 0 Å². The third kappa shape index (κ3) is 6.90. The van der Waals surface area contributed by atoms with Gasteiger partial charge in [0, 0.05) is 18.8 Å². The summed E-state index contributed by atoms with van der Waals surface area (Å²) in [5, 5.41) is 6.22. The van der Waals surface area contributed by atoms with Crippen LogP contribution in [0.3, 0.4) is 0 Å². The van der Waals surface area contributed by atoms with E-state index in [-0.39, 0.29) is 36.8 Å². The van der Waals surface area contributed by atoms with Gasteiger partial charge in [-0.1, -0.05) is 6.42 Å². The maximum Gasteiger partial charge on any atom is 0.237 e. The summed E-state index contributed by atoms with van der Waals surface area (Å²) in [6.07, 6.45) is 4.81. The summed E-state index contributed by atoms with van der Waals surface area (Å²) < 4.78 is 10.9. The lowest BCUT2D eigenvalue weighted by Gasteiger charge is -2.22. The highest BCUT2D eigenvalue weighted by Gasteiger charge is 2.19. The zero-order valence-corrected chi connectivity index (χ0v) is 16.8. The second kappa shape index (κ2) is 11.6. The zero-order valence-electron chi connectivity index (χ0n) is 15.1. The first-order valence-electron chi connectivity index (χ1n) is 8.52. The van der Waals surface area contributed by atoms with Crippen LogP contribution < -0.4 is 20.1 Å². The molecule has 2 N–H and O–H groups in total. The number of halogens is 2. The van der Waals surface area contributed by atoms with Crippen molar-refractivity contribution in [3.05, 3.63) is 48.2 Å². The number of ether oxygens (including phenoxy) is 2. The van der Waals surface area contributed by atoms with E-state index in [4.69, 9.17) is 9.47 Å². The third-order valence-corrected chi connectivity index (χ3v) is 4.17. The number of amides is 1. The van der Waals surface area contributed by atoms with Crippen molar-refractivity contribution in [2.24, 2.45) is 0 Å². The quantitative estimate of drug-likeness (QED) is 0.757. The SMILES string of the molecule is COc1ccc(Oc2cc(CNC(=O)C3CCCCN3)ccn2)cc1.Cl.Cl. The number of benzene rings is 1. The minimum atomic E-state index is -0.0781. The fraction of sp³-hybridized carbons (Fsp3) is 0.368. The predicted molar refractivity (Wildman–Crippen MR) is 109 cm³/mol. The lowest BCUT2D eigenvalue weighted by Crippen LogP contribution is -2.46. The number of hydrogen-bond donors (Lipinski definition) is 2. The Labute approximate surface area is 171 Å². The average molecular weight is 414 g/mol. The maximum atomic E-state index is 12.2. The van der Waals surface area contributed by atoms with Crippen molar-refractivity contribution in [2.45, 2.75) is 31.8 Å². The van der Waals surface area contributed by atoms with Gasteiger partial charge in [-0.2, -0.15) is 0 Å². The van der Waals surface area contributed by atoms with Crippen LogP contribution >= 0.6 is 24.8 Å². The van der Waals surface area contributed by atoms with Gasteiger partial charge in [-0.05, 0) is 55.3 Å². The molecule has 1 aromatic heterocycles. The molecule has 1 aliphatic rings. The molecule has 2 aromatic rings. The number of piperidine rings is 1. The van der Waals surface area contributed by atoms with Crippen LogP contribution in [0, 0.1) is 0 Å². The third-order valence-electron chi connectivity index (χ3n) is 4.17. The molecule has 1 unspecified atom stereocenters. The van der Waals surface area contributed by atoms with Crippen molar-refractivity contribution in [1.29, 1.82) is 0 Å². The van der Waals surface area contributed by atoms with Gasteiger partial charge in [0.15, 0.2) is 0 Å². The van der Waals surface area contributed by atoms with Crippen molar-refractivity contribution in [3.63, 3.8) is 0 Å². The first-order valence-corrected chi connectivity index (χ1v) is 8.52. The van der Waals surface area contributed by atoms with Crippen LogP contribution in [0.15, 0.2) is 42.6 Å². The minimum absolute atomic E-state index is 0. The molecule has 27 heavy (non-hydrogen) atoms. The Morgan fingerprint density at radius 3 is 2.59 bits per heavy atom. The second-order valence-electron chi connectivity index (χ2n) is 6.00. The van der Waals surface area contributed by atoms with Crippen molar-refractivity contribution in [3.8, 4) is 17.4 Å². The fourth-order valence-electron chi connectivity index (χ4n) is 2.77.